The van der Waals surface area contributed by atoms with Gasteiger partial charge in [0.1, 0.15) is 12.1 Å². The smallest absolute Gasteiger partial charge is 0.123 e. The molecule has 0 radical (unpaired) electrons. The molecule has 0 spiro atoms. The van der Waals surface area contributed by atoms with Gasteiger partial charge in [0.25, 0.3) is 0 Å². The molecule has 0 bridgehead atoms. The van der Waals surface area contributed by atoms with Crippen molar-refractivity contribution in [2.45, 2.75) is 18.9 Å². The summed E-state index contributed by atoms with van der Waals surface area (Å²) in [5.74, 6) is -0.289. The highest BCUT2D eigenvalue weighted by Gasteiger charge is 2.28. The summed E-state index contributed by atoms with van der Waals surface area (Å²) in [5.41, 5.74) is 7.13. The monoisotopic (exact) mass is 231 g/mol. The van der Waals surface area contributed by atoms with Crippen LogP contribution in [0.3, 0.4) is 0 Å². The molecular formula is C13H14FN3. The van der Waals surface area contributed by atoms with Gasteiger partial charge in [0.05, 0.1) is 5.54 Å². The topological polar surface area (TPSA) is 51.8 Å². The van der Waals surface area contributed by atoms with Crippen molar-refractivity contribution < 1.29 is 4.39 Å². The van der Waals surface area contributed by atoms with E-state index in [-0.39, 0.29) is 5.82 Å². The minimum absolute atomic E-state index is 0.289. The first-order chi connectivity index (χ1) is 8.16. The molecule has 1 atom stereocenters. The number of rotatable bonds is 3. The molecule has 0 amide bonds. The minimum atomic E-state index is -0.747. The highest BCUT2D eigenvalue weighted by molar-refractivity contribution is 5.35. The largest absolute Gasteiger partial charge is 0.318 e. The van der Waals surface area contributed by atoms with E-state index in [0.29, 0.717) is 6.42 Å². The molecule has 0 aliphatic rings. The van der Waals surface area contributed by atoms with Crippen molar-refractivity contribution in [1.82, 2.24) is 9.97 Å². The third-order valence-electron chi connectivity index (χ3n) is 2.97. The van der Waals surface area contributed by atoms with Crippen LogP contribution in [0.15, 0.2) is 43.0 Å². The van der Waals surface area contributed by atoms with Gasteiger partial charge in [-0.1, -0.05) is 19.1 Å². The Morgan fingerprint density at radius 2 is 1.94 bits per heavy atom. The van der Waals surface area contributed by atoms with Gasteiger partial charge in [0, 0.05) is 18.0 Å². The lowest BCUT2D eigenvalue weighted by Gasteiger charge is -2.28. The van der Waals surface area contributed by atoms with Gasteiger partial charge in [0.15, 0.2) is 0 Å². The maximum atomic E-state index is 13.3. The molecule has 2 rings (SSSR count). The lowest BCUT2D eigenvalue weighted by Crippen LogP contribution is -2.37. The summed E-state index contributed by atoms with van der Waals surface area (Å²) >= 11 is 0. The predicted octanol–water partition coefficient (Wildman–Crippen LogP) is 2.23. The molecule has 1 aromatic heterocycles. The number of aromatic nitrogens is 2. The molecule has 1 heterocycles. The average Bonchev–Trinajstić information content (AvgIpc) is 2.39. The Morgan fingerprint density at radius 1 is 1.24 bits per heavy atom. The highest BCUT2D eigenvalue weighted by atomic mass is 19.1. The van der Waals surface area contributed by atoms with Crippen molar-refractivity contribution in [3.8, 4) is 0 Å². The van der Waals surface area contributed by atoms with Gasteiger partial charge in [-0.15, -0.1) is 0 Å². The number of hydrogen-bond donors (Lipinski definition) is 1. The minimum Gasteiger partial charge on any atom is -0.318 e. The van der Waals surface area contributed by atoms with Gasteiger partial charge >= 0.3 is 0 Å². The molecule has 0 aliphatic carbocycles. The zero-order chi connectivity index (χ0) is 12.3. The number of benzene rings is 1. The Morgan fingerprint density at radius 3 is 2.53 bits per heavy atom. The molecule has 17 heavy (non-hydrogen) atoms. The van der Waals surface area contributed by atoms with Crippen LogP contribution >= 0.6 is 0 Å². The molecule has 1 aromatic carbocycles. The number of nitrogens with two attached hydrogens (primary N) is 1. The number of nitrogens with zero attached hydrogens (tertiary/aromatic N) is 2. The van der Waals surface area contributed by atoms with E-state index in [2.05, 4.69) is 9.97 Å². The molecular weight excluding hydrogens is 217 g/mol. The van der Waals surface area contributed by atoms with Gasteiger partial charge in [-0.2, -0.15) is 0 Å². The van der Waals surface area contributed by atoms with Gasteiger partial charge in [-0.05, 0) is 24.1 Å². The van der Waals surface area contributed by atoms with Crippen molar-refractivity contribution >= 4 is 0 Å². The van der Waals surface area contributed by atoms with Crippen molar-refractivity contribution in [2.75, 3.05) is 0 Å². The summed E-state index contributed by atoms with van der Waals surface area (Å²) in [5, 5.41) is 0. The highest BCUT2D eigenvalue weighted by Crippen LogP contribution is 2.29. The Labute approximate surface area is 99.5 Å². The molecule has 3 nitrogen and oxygen atoms in total. The Kier molecular flexibility index (Phi) is 3.15. The van der Waals surface area contributed by atoms with E-state index < -0.39 is 5.54 Å². The summed E-state index contributed by atoms with van der Waals surface area (Å²) in [6.45, 7) is 1.96. The molecule has 0 saturated carbocycles. The number of hydrogen-bond acceptors (Lipinski definition) is 3. The van der Waals surface area contributed by atoms with Crippen LogP contribution in [-0.2, 0) is 5.54 Å². The standard InChI is InChI=1S/C13H14FN3/c1-2-13(15,11-7-16-9-17-8-11)10-4-3-5-12(14)6-10/h3-9H,2,15H2,1H3. The summed E-state index contributed by atoms with van der Waals surface area (Å²) in [6, 6.07) is 6.34. The fraction of sp³-hybridized carbons (Fsp3) is 0.231. The van der Waals surface area contributed by atoms with Crippen LogP contribution in [0.4, 0.5) is 4.39 Å². The SMILES string of the molecule is CCC(N)(c1cncnc1)c1cccc(F)c1. The fourth-order valence-electron chi connectivity index (χ4n) is 1.87. The van der Waals surface area contributed by atoms with Crippen LogP contribution in [0.25, 0.3) is 0 Å². The van der Waals surface area contributed by atoms with Crippen LogP contribution in [0.5, 0.6) is 0 Å². The van der Waals surface area contributed by atoms with E-state index in [0.717, 1.165) is 11.1 Å². The molecule has 4 heteroatoms. The maximum Gasteiger partial charge on any atom is 0.123 e. The molecule has 0 aliphatic heterocycles. The van der Waals surface area contributed by atoms with Crippen molar-refractivity contribution in [3.63, 3.8) is 0 Å². The first kappa shape index (κ1) is 11.7. The molecule has 2 aromatic rings. The van der Waals surface area contributed by atoms with E-state index >= 15 is 0 Å². The third-order valence-corrected chi connectivity index (χ3v) is 2.97. The van der Waals surface area contributed by atoms with Gasteiger partial charge in [-0.3, -0.25) is 0 Å². The summed E-state index contributed by atoms with van der Waals surface area (Å²) in [4.78, 5) is 7.92. The van der Waals surface area contributed by atoms with Crippen LogP contribution in [0.1, 0.15) is 24.5 Å². The quantitative estimate of drug-likeness (QED) is 0.881. The molecule has 0 fully saturated rings. The summed E-state index contributed by atoms with van der Waals surface area (Å²) in [7, 11) is 0. The van der Waals surface area contributed by atoms with Crippen LogP contribution in [0.2, 0.25) is 0 Å². The summed E-state index contributed by atoms with van der Waals surface area (Å²) < 4.78 is 13.3. The van der Waals surface area contributed by atoms with E-state index in [1.54, 1.807) is 18.5 Å². The molecule has 0 saturated heterocycles. The third kappa shape index (κ3) is 2.17. The van der Waals surface area contributed by atoms with Crippen molar-refractivity contribution in [3.05, 3.63) is 59.9 Å². The second kappa shape index (κ2) is 4.59. The lowest BCUT2D eigenvalue weighted by atomic mass is 9.83. The fourth-order valence-corrected chi connectivity index (χ4v) is 1.87. The zero-order valence-electron chi connectivity index (χ0n) is 9.60. The Balaban J connectivity index is 2.52. The second-order valence-corrected chi connectivity index (χ2v) is 3.96. The lowest BCUT2D eigenvalue weighted by molar-refractivity contribution is 0.508. The van der Waals surface area contributed by atoms with Crippen LogP contribution in [-0.4, -0.2) is 9.97 Å². The molecule has 1 unspecified atom stereocenters. The van der Waals surface area contributed by atoms with Crippen LogP contribution < -0.4 is 5.73 Å². The number of halogens is 1. The summed E-state index contributed by atoms with van der Waals surface area (Å²) in [6.07, 6.45) is 5.43. The second-order valence-electron chi connectivity index (χ2n) is 3.96. The van der Waals surface area contributed by atoms with E-state index in [1.807, 2.05) is 13.0 Å². The maximum absolute atomic E-state index is 13.3. The van der Waals surface area contributed by atoms with Gasteiger partial charge < -0.3 is 5.73 Å². The Bertz CT molecular complexity index is 501. The first-order valence-electron chi connectivity index (χ1n) is 5.47. The van der Waals surface area contributed by atoms with Crippen molar-refractivity contribution in [2.24, 2.45) is 5.73 Å². The predicted molar refractivity (Wildman–Crippen MR) is 63.7 cm³/mol. The van der Waals surface area contributed by atoms with Gasteiger partial charge in [-0.25, -0.2) is 14.4 Å². The zero-order valence-corrected chi connectivity index (χ0v) is 9.60. The average molecular weight is 231 g/mol. The normalized spacial score (nSPS) is 14.3. The van der Waals surface area contributed by atoms with Crippen molar-refractivity contribution in [1.29, 1.82) is 0 Å². The molecule has 88 valence electrons. The molecule has 2 N–H and O–H groups in total. The van der Waals surface area contributed by atoms with Gasteiger partial charge in [0.2, 0.25) is 0 Å². The van der Waals surface area contributed by atoms with E-state index in [9.17, 15) is 4.39 Å². The Hall–Kier alpha value is -1.81. The van der Waals surface area contributed by atoms with E-state index in [4.69, 9.17) is 5.73 Å². The first-order valence-corrected chi connectivity index (χ1v) is 5.47. The van der Waals surface area contributed by atoms with E-state index in [1.165, 1.54) is 18.5 Å². The van der Waals surface area contributed by atoms with Crippen LogP contribution in [0, 0.1) is 5.82 Å².